The minimum atomic E-state index is -4.12. The minimum absolute atomic E-state index is 0.0731. The Morgan fingerprint density at radius 3 is 2.07 bits per heavy atom. The molecule has 0 bridgehead atoms. The van der Waals surface area contributed by atoms with E-state index in [0.29, 0.717) is 12.2 Å². The maximum atomic E-state index is 14.4. The van der Waals surface area contributed by atoms with E-state index in [9.17, 15) is 18.0 Å². The average Bonchev–Trinajstić information content (AvgIpc) is 3.03. The molecule has 0 aliphatic rings. The fourth-order valence-electron chi connectivity index (χ4n) is 4.70. The van der Waals surface area contributed by atoms with Gasteiger partial charge in [0.05, 0.1) is 10.6 Å². The quantitative estimate of drug-likeness (QED) is 0.113. The van der Waals surface area contributed by atoms with Crippen LogP contribution in [0, 0.1) is 3.57 Å². The van der Waals surface area contributed by atoms with Gasteiger partial charge in [0, 0.05) is 27.6 Å². The van der Waals surface area contributed by atoms with Gasteiger partial charge in [0.1, 0.15) is 12.6 Å². The second-order valence-corrected chi connectivity index (χ2v) is 14.3. The number of unbranched alkanes of at least 4 members (excludes halogenated alkanes) is 1. The summed E-state index contributed by atoms with van der Waals surface area (Å²) >= 11 is 5.61. The van der Waals surface area contributed by atoms with Gasteiger partial charge in [-0.05, 0) is 88.7 Å². The topological polar surface area (TPSA) is 86.8 Å². The number of halogens is 2. The number of sulfonamides is 1. The molecule has 44 heavy (non-hydrogen) atoms. The summed E-state index contributed by atoms with van der Waals surface area (Å²) in [4.78, 5) is 29.8. The molecule has 0 aliphatic carbocycles. The summed E-state index contributed by atoms with van der Waals surface area (Å²) in [6, 6.07) is 31.2. The molecule has 0 fully saturated rings. The second kappa shape index (κ2) is 16.2. The fourth-order valence-corrected chi connectivity index (χ4v) is 6.76. The van der Waals surface area contributed by atoms with E-state index in [2.05, 4.69) is 43.8 Å². The zero-order valence-electron chi connectivity index (χ0n) is 24.4. The van der Waals surface area contributed by atoms with Crippen LogP contribution < -0.4 is 9.62 Å². The van der Waals surface area contributed by atoms with Gasteiger partial charge in [0.25, 0.3) is 10.0 Å². The van der Waals surface area contributed by atoms with Crippen molar-refractivity contribution in [3.05, 3.63) is 128 Å². The SMILES string of the molecule is CCCCNC(=O)[C@H](Cc1ccccc1)N(Cc1ccc(Br)cc1)C(=O)CN(c1ccc(I)cc1)S(=O)(=O)c1ccccc1. The Kier molecular flexibility index (Phi) is 12.4. The Morgan fingerprint density at radius 1 is 0.841 bits per heavy atom. The molecule has 0 saturated heterocycles. The van der Waals surface area contributed by atoms with Crippen LogP contribution in [0.15, 0.2) is 119 Å². The molecule has 230 valence electrons. The molecule has 0 unspecified atom stereocenters. The molecule has 7 nitrogen and oxygen atoms in total. The molecule has 0 saturated carbocycles. The molecule has 0 aliphatic heterocycles. The number of hydrogen-bond donors (Lipinski definition) is 1. The lowest BCUT2D eigenvalue weighted by atomic mass is 10.0. The van der Waals surface area contributed by atoms with Crippen LogP contribution in [-0.4, -0.2) is 44.3 Å². The van der Waals surface area contributed by atoms with Crippen molar-refractivity contribution in [2.24, 2.45) is 0 Å². The molecular formula is C34H35BrIN3O4S. The number of rotatable bonds is 14. The molecule has 0 spiro atoms. The summed E-state index contributed by atoms with van der Waals surface area (Å²) in [7, 11) is -4.12. The standard InChI is InChI=1S/C34H35BrIN3O4S/c1-2-3-22-37-34(41)32(23-26-10-6-4-7-11-26)38(24-27-14-16-28(35)17-15-27)33(40)25-39(30-20-18-29(36)19-21-30)44(42,43)31-12-8-5-9-13-31/h4-21,32H,2-3,22-25H2,1H3,(H,37,41)/t32-/m0/s1. The third-order valence-electron chi connectivity index (χ3n) is 7.09. The molecule has 4 aromatic rings. The van der Waals surface area contributed by atoms with Crippen molar-refractivity contribution in [2.45, 2.75) is 43.7 Å². The monoisotopic (exact) mass is 787 g/mol. The zero-order chi connectivity index (χ0) is 31.5. The predicted molar refractivity (Wildman–Crippen MR) is 187 cm³/mol. The Balaban J connectivity index is 1.77. The lowest BCUT2D eigenvalue weighted by molar-refractivity contribution is -0.140. The predicted octanol–water partition coefficient (Wildman–Crippen LogP) is 6.81. The van der Waals surface area contributed by atoms with E-state index < -0.39 is 28.5 Å². The minimum Gasteiger partial charge on any atom is -0.354 e. The highest BCUT2D eigenvalue weighted by Crippen LogP contribution is 2.26. The molecular weight excluding hydrogens is 753 g/mol. The maximum absolute atomic E-state index is 14.4. The molecule has 1 atom stereocenters. The summed E-state index contributed by atoms with van der Waals surface area (Å²) in [5.41, 5.74) is 2.06. The normalized spacial score (nSPS) is 11.9. The Morgan fingerprint density at radius 2 is 1.45 bits per heavy atom. The average molecular weight is 789 g/mol. The lowest BCUT2D eigenvalue weighted by Gasteiger charge is -2.34. The van der Waals surface area contributed by atoms with Crippen LogP contribution >= 0.6 is 38.5 Å². The smallest absolute Gasteiger partial charge is 0.264 e. The number of amides is 2. The van der Waals surface area contributed by atoms with Gasteiger partial charge in [0.2, 0.25) is 11.8 Å². The second-order valence-electron chi connectivity index (χ2n) is 10.3. The van der Waals surface area contributed by atoms with E-state index >= 15 is 0 Å². The highest BCUT2D eigenvalue weighted by atomic mass is 127. The molecule has 10 heteroatoms. The van der Waals surface area contributed by atoms with Crippen LogP contribution in [0.25, 0.3) is 0 Å². The van der Waals surface area contributed by atoms with E-state index in [-0.39, 0.29) is 23.8 Å². The van der Waals surface area contributed by atoms with Gasteiger partial charge < -0.3 is 10.2 Å². The van der Waals surface area contributed by atoms with Crippen molar-refractivity contribution in [1.82, 2.24) is 10.2 Å². The number of carbonyl (C=O) groups is 2. The highest BCUT2D eigenvalue weighted by molar-refractivity contribution is 14.1. The Hall–Kier alpha value is -3.22. The van der Waals surface area contributed by atoms with E-state index in [4.69, 9.17) is 0 Å². The summed E-state index contributed by atoms with van der Waals surface area (Å²) in [5.74, 6) is -0.767. The Labute approximate surface area is 282 Å². The third-order valence-corrected chi connectivity index (χ3v) is 10.1. The largest absolute Gasteiger partial charge is 0.354 e. The summed E-state index contributed by atoms with van der Waals surface area (Å²) in [5, 5.41) is 3.01. The molecule has 0 heterocycles. The molecule has 1 N–H and O–H groups in total. The number of carbonyl (C=O) groups excluding carboxylic acids is 2. The van der Waals surface area contributed by atoms with Gasteiger partial charge in [-0.15, -0.1) is 0 Å². The van der Waals surface area contributed by atoms with Crippen molar-refractivity contribution >= 4 is 66.0 Å². The van der Waals surface area contributed by atoms with Crippen molar-refractivity contribution < 1.29 is 18.0 Å². The molecule has 4 rings (SSSR count). The van der Waals surface area contributed by atoms with E-state index in [1.165, 1.54) is 17.0 Å². The number of hydrogen-bond acceptors (Lipinski definition) is 4. The Bertz CT molecular complexity index is 1620. The first kappa shape index (κ1) is 33.7. The first-order valence-electron chi connectivity index (χ1n) is 14.4. The summed E-state index contributed by atoms with van der Waals surface area (Å²) in [6.07, 6.45) is 1.99. The molecule has 2 amide bonds. The number of anilines is 1. The van der Waals surface area contributed by atoms with Gasteiger partial charge >= 0.3 is 0 Å². The van der Waals surface area contributed by atoms with Crippen LogP contribution in [0.1, 0.15) is 30.9 Å². The summed E-state index contributed by atoms with van der Waals surface area (Å²) in [6.45, 7) is 2.17. The van der Waals surface area contributed by atoms with Gasteiger partial charge in [-0.25, -0.2) is 8.42 Å². The molecule has 4 aromatic carbocycles. The van der Waals surface area contributed by atoms with Gasteiger partial charge in [-0.3, -0.25) is 13.9 Å². The highest BCUT2D eigenvalue weighted by Gasteiger charge is 2.34. The summed E-state index contributed by atoms with van der Waals surface area (Å²) < 4.78 is 31.0. The fraction of sp³-hybridized carbons (Fsp3) is 0.235. The lowest BCUT2D eigenvalue weighted by Crippen LogP contribution is -2.53. The first-order chi connectivity index (χ1) is 21.2. The van der Waals surface area contributed by atoms with Crippen LogP contribution in [0.3, 0.4) is 0 Å². The van der Waals surface area contributed by atoms with Crippen LogP contribution in [0.5, 0.6) is 0 Å². The first-order valence-corrected chi connectivity index (χ1v) is 17.7. The van der Waals surface area contributed by atoms with Crippen molar-refractivity contribution in [3.8, 4) is 0 Å². The van der Waals surface area contributed by atoms with Crippen LogP contribution in [0.4, 0.5) is 5.69 Å². The third kappa shape index (κ3) is 9.15. The van der Waals surface area contributed by atoms with Crippen LogP contribution in [0.2, 0.25) is 0 Å². The van der Waals surface area contributed by atoms with Crippen molar-refractivity contribution in [2.75, 3.05) is 17.4 Å². The van der Waals surface area contributed by atoms with E-state index in [1.54, 1.807) is 42.5 Å². The van der Waals surface area contributed by atoms with E-state index in [1.807, 2.05) is 61.5 Å². The van der Waals surface area contributed by atoms with E-state index in [0.717, 1.165) is 36.3 Å². The number of benzene rings is 4. The van der Waals surface area contributed by atoms with Crippen LogP contribution in [-0.2, 0) is 32.6 Å². The number of nitrogens with one attached hydrogen (secondary N) is 1. The maximum Gasteiger partial charge on any atom is 0.264 e. The molecule has 0 radical (unpaired) electrons. The van der Waals surface area contributed by atoms with Gasteiger partial charge in [-0.2, -0.15) is 0 Å². The zero-order valence-corrected chi connectivity index (χ0v) is 29.0. The van der Waals surface area contributed by atoms with Gasteiger partial charge in [0.15, 0.2) is 0 Å². The number of nitrogens with zero attached hydrogens (tertiary/aromatic N) is 2. The van der Waals surface area contributed by atoms with Crippen molar-refractivity contribution in [1.29, 1.82) is 0 Å². The molecule has 0 aromatic heterocycles. The van der Waals surface area contributed by atoms with Crippen molar-refractivity contribution in [3.63, 3.8) is 0 Å². The van der Waals surface area contributed by atoms with Gasteiger partial charge in [-0.1, -0.05) is 89.9 Å².